The van der Waals surface area contributed by atoms with Crippen molar-refractivity contribution in [3.8, 4) is 11.5 Å². The highest BCUT2D eigenvalue weighted by Crippen LogP contribution is 2.28. The van der Waals surface area contributed by atoms with Crippen LogP contribution in [0.15, 0.2) is 18.2 Å². The Balaban J connectivity index is 2.73. The van der Waals surface area contributed by atoms with Crippen molar-refractivity contribution >= 4 is 5.97 Å². The molecule has 1 atom stereocenters. The van der Waals surface area contributed by atoms with Crippen LogP contribution in [-0.2, 0) is 11.3 Å². The molecule has 0 aliphatic heterocycles. The summed E-state index contributed by atoms with van der Waals surface area (Å²) in [7, 11) is 0. The Morgan fingerprint density at radius 2 is 2.05 bits per heavy atom. The van der Waals surface area contributed by atoms with Gasteiger partial charge in [0, 0.05) is 6.54 Å². The van der Waals surface area contributed by atoms with E-state index in [1.807, 2.05) is 32.0 Å². The van der Waals surface area contributed by atoms with E-state index in [-0.39, 0.29) is 0 Å². The molecule has 0 unspecified atom stereocenters. The summed E-state index contributed by atoms with van der Waals surface area (Å²) in [5, 5.41) is 11.8. The Morgan fingerprint density at radius 1 is 1.30 bits per heavy atom. The van der Waals surface area contributed by atoms with Crippen LogP contribution in [0.2, 0.25) is 0 Å². The van der Waals surface area contributed by atoms with E-state index in [0.29, 0.717) is 25.5 Å². The van der Waals surface area contributed by atoms with Crippen LogP contribution < -0.4 is 14.8 Å². The first kappa shape index (κ1) is 16.3. The number of rotatable bonds is 9. The minimum atomic E-state index is -0.863. The largest absolute Gasteiger partial charge is 0.490 e. The molecule has 0 spiro atoms. The van der Waals surface area contributed by atoms with Crippen molar-refractivity contribution in [1.82, 2.24) is 5.32 Å². The molecule has 5 nitrogen and oxygen atoms in total. The van der Waals surface area contributed by atoms with Gasteiger partial charge in [-0.15, -0.1) is 0 Å². The molecule has 0 saturated heterocycles. The molecular weight excluding hydrogens is 258 g/mol. The lowest BCUT2D eigenvalue weighted by Crippen LogP contribution is -2.33. The lowest BCUT2D eigenvalue weighted by atomic mass is 10.2. The summed E-state index contributed by atoms with van der Waals surface area (Å²) in [5.41, 5.74) is 0.963. The van der Waals surface area contributed by atoms with Crippen LogP contribution in [0.25, 0.3) is 0 Å². The van der Waals surface area contributed by atoms with E-state index >= 15 is 0 Å². The fourth-order valence-corrected chi connectivity index (χ4v) is 1.62. The Morgan fingerprint density at radius 3 is 2.65 bits per heavy atom. The van der Waals surface area contributed by atoms with Crippen molar-refractivity contribution in [3.05, 3.63) is 23.8 Å². The number of hydrogen-bond donors (Lipinski definition) is 2. The molecule has 5 heteroatoms. The molecule has 2 N–H and O–H groups in total. The zero-order valence-electron chi connectivity index (χ0n) is 12.3. The fraction of sp³-hybridized carbons (Fsp3) is 0.533. The van der Waals surface area contributed by atoms with E-state index in [1.165, 1.54) is 0 Å². The summed E-state index contributed by atoms with van der Waals surface area (Å²) in [6, 6.07) is 5.08. The van der Waals surface area contributed by atoms with E-state index in [2.05, 4.69) is 5.32 Å². The van der Waals surface area contributed by atoms with Gasteiger partial charge in [-0.25, -0.2) is 0 Å². The van der Waals surface area contributed by atoms with E-state index in [1.54, 1.807) is 6.92 Å². The van der Waals surface area contributed by atoms with E-state index < -0.39 is 12.0 Å². The first-order chi connectivity index (χ1) is 9.58. The molecule has 1 rings (SSSR count). The average molecular weight is 281 g/mol. The Kier molecular flexibility index (Phi) is 6.87. The third-order valence-electron chi connectivity index (χ3n) is 2.75. The monoisotopic (exact) mass is 281 g/mol. The SMILES string of the molecule is CCCOc1ccc(CN[C@H](C)C(=O)O)cc1OCC. The number of carboxylic acid groups (broad SMARTS) is 1. The van der Waals surface area contributed by atoms with Crippen LogP contribution in [0.5, 0.6) is 11.5 Å². The maximum Gasteiger partial charge on any atom is 0.320 e. The van der Waals surface area contributed by atoms with Crippen molar-refractivity contribution in [2.24, 2.45) is 0 Å². The highest BCUT2D eigenvalue weighted by molar-refractivity contribution is 5.72. The smallest absolute Gasteiger partial charge is 0.320 e. The first-order valence-corrected chi connectivity index (χ1v) is 6.93. The second-order valence-corrected chi connectivity index (χ2v) is 4.50. The molecule has 0 heterocycles. The van der Waals surface area contributed by atoms with E-state index in [4.69, 9.17) is 14.6 Å². The van der Waals surface area contributed by atoms with Crippen LogP contribution in [0, 0.1) is 0 Å². The minimum absolute atomic E-state index is 0.474. The molecule has 1 aromatic rings. The molecule has 112 valence electrons. The van der Waals surface area contributed by atoms with Crippen LogP contribution in [0.3, 0.4) is 0 Å². The van der Waals surface area contributed by atoms with E-state index in [9.17, 15) is 4.79 Å². The number of aliphatic carboxylic acids is 1. The van der Waals surface area contributed by atoms with Gasteiger partial charge in [-0.2, -0.15) is 0 Å². The summed E-state index contributed by atoms with van der Waals surface area (Å²) in [4.78, 5) is 10.8. The molecule has 0 aromatic heterocycles. The minimum Gasteiger partial charge on any atom is -0.490 e. The van der Waals surface area contributed by atoms with Gasteiger partial charge in [0.25, 0.3) is 0 Å². The van der Waals surface area contributed by atoms with Crippen molar-refractivity contribution < 1.29 is 19.4 Å². The average Bonchev–Trinajstić information content (AvgIpc) is 2.44. The third-order valence-corrected chi connectivity index (χ3v) is 2.75. The summed E-state index contributed by atoms with van der Waals surface area (Å²) >= 11 is 0. The lowest BCUT2D eigenvalue weighted by molar-refractivity contribution is -0.139. The van der Waals surface area contributed by atoms with Gasteiger partial charge in [-0.05, 0) is 38.0 Å². The van der Waals surface area contributed by atoms with Gasteiger partial charge in [-0.3, -0.25) is 4.79 Å². The predicted octanol–water partition coefficient (Wildman–Crippen LogP) is 2.44. The summed E-state index contributed by atoms with van der Waals surface area (Å²) < 4.78 is 11.2. The van der Waals surface area contributed by atoms with Crippen molar-refractivity contribution in [3.63, 3.8) is 0 Å². The van der Waals surface area contributed by atoms with E-state index in [0.717, 1.165) is 17.7 Å². The third kappa shape index (κ3) is 5.09. The molecule has 0 radical (unpaired) electrons. The maximum atomic E-state index is 10.8. The molecule has 0 saturated carbocycles. The normalized spacial score (nSPS) is 11.9. The van der Waals surface area contributed by atoms with Gasteiger partial charge in [0.15, 0.2) is 11.5 Å². The number of carboxylic acids is 1. The molecule has 0 bridgehead atoms. The van der Waals surface area contributed by atoms with Gasteiger partial charge in [-0.1, -0.05) is 13.0 Å². The van der Waals surface area contributed by atoms with Gasteiger partial charge in [0.2, 0.25) is 0 Å². The van der Waals surface area contributed by atoms with Crippen LogP contribution >= 0.6 is 0 Å². The van der Waals surface area contributed by atoms with Gasteiger partial charge in [0.1, 0.15) is 6.04 Å². The standard InChI is InChI=1S/C15H23NO4/c1-4-8-20-13-7-6-12(9-14(13)19-5-2)10-16-11(3)15(17)18/h6-7,9,11,16H,4-5,8,10H2,1-3H3,(H,17,18)/t11-/m1/s1. The molecular formula is C15H23NO4. The number of benzene rings is 1. The van der Waals surface area contributed by atoms with Crippen molar-refractivity contribution in [2.45, 2.75) is 39.8 Å². The van der Waals surface area contributed by atoms with Gasteiger partial charge in [0.05, 0.1) is 13.2 Å². The fourth-order valence-electron chi connectivity index (χ4n) is 1.62. The van der Waals surface area contributed by atoms with Gasteiger partial charge < -0.3 is 19.9 Å². The zero-order valence-corrected chi connectivity index (χ0v) is 12.3. The highest BCUT2D eigenvalue weighted by Gasteiger charge is 2.11. The summed E-state index contributed by atoms with van der Waals surface area (Å²) in [6.07, 6.45) is 0.936. The van der Waals surface area contributed by atoms with Gasteiger partial charge >= 0.3 is 5.97 Å². The second-order valence-electron chi connectivity index (χ2n) is 4.50. The maximum absolute atomic E-state index is 10.8. The summed E-state index contributed by atoms with van der Waals surface area (Å²) in [6.45, 7) is 7.26. The number of nitrogens with one attached hydrogen (secondary N) is 1. The summed E-state index contributed by atoms with van der Waals surface area (Å²) in [5.74, 6) is 0.560. The quantitative estimate of drug-likeness (QED) is 0.727. The van der Waals surface area contributed by atoms with Crippen molar-refractivity contribution in [2.75, 3.05) is 13.2 Å². The molecule has 0 aliphatic carbocycles. The first-order valence-electron chi connectivity index (χ1n) is 6.93. The Bertz CT molecular complexity index is 434. The van der Waals surface area contributed by atoms with Crippen LogP contribution in [-0.4, -0.2) is 30.3 Å². The molecule has 1 aromatic carbocycles. The molecule has 0 aliphatic rings. The number of hydrogen-bond acceptors (Lipinski definition) is 4. The van der Waals surface area contributed by atoms with Crippen molar-refractivity contribution in [1.29, 1.82) is 0 Å². The lowest BCUT2D eigenvalue weighted by Gasteiger charge is -2.14. The molecule has 0 fully saturated rings. The predicted molar refractivity (Wildman–Crippen MR) is 77.3 cm³/mol. The number of ether oxygens (including phenoxy) is 2. The topological polar surface area (TPSA) is 67.8 Å². The Hall–Kier alpha value is -1.75. The second kappa shape index (κ2) is 8.43. The van der Waals surface area contributed by atoms with Crippen LogP contribution in [0.4, 0.5) is 0 Å². The van der Waals surface area contributed by atoms with Crippen LogP contribution in [0.1, 0.15) is 32.8 Å². The zero-order chi connectivity index (χ0) is 15.0. The highest BCUT2D eigenvalue weighted by atomic mass is 16.5. The number of carbonyl (C=O) groups is 1. The molecule has 20 heavy (non-hydrogen) atoms. The molecule has 0 amide bonds. The Labute approximate surface area is 119 Å².